The number of rotatable bonds is 5. The summed E-state index contributed by atoms with van der Waals surface area (Å²) in [5.74, 6) is 2.49. The van der Waals surface area contributed by atoms with Gasteiger partial charge in [-0.05, 0) is 25.5 Å². The van der Waals surface area contributed by atoms with Gasteiger partial charge in [0.1, 0.15) is 11.6 Å². The highest BCUT2D eigenvalue weighted by molar-refractivity contribution is 5.44. The molecule has 1 aromatic heterocycles. The van der Waals surface area contributed by atoms with Crippen molar-refractivity contribution >= 4 is 11.6 Å². The lowest BCUT2D eigenvalue weighted by atomic mass is 10.1. The van der Waals surface area contributed by atoms with E-state index in [1.807, 2.05) is 18.2 Å². The second-order valence-electron chi connectivity index (χ2n) is 4.05. The van der Waals surface area contributed by atoms with Crippen molar-refractivity contribution in [2.24, 2.45) is 5.92 Å². The molecule has 0 amide bonds. The summed E-state index contributed by atoms with van der Waals surface area (Å²) in [5, 5.41) is 6.55. The number of aromatic nitrogens is 1. The molecule has 16 heavy (non-hydrogen) atoms. The van der Waals surface area contributed by atoms with Gasteiger partial charge in [-0.25, -0.2) is 4.98 Å². The van der Waals surface area contributed by atoms with Gasteiger partial charge in [-0.1, -0.05) is 6.07 Å². The Morgan fingerprint density at radius 2 is 2.19 bits per heavy atom. The normalized spacial score (nSPS) is 19.7. The van der Waals surface area contributed by atoms with Gasteiger partial charge in [0.05, 0.1) is 6.61 Å². The van der Waals surface area contributed by atoms with Gasteiger partial charge < -0.3 is 15.4 Å². The summed E-state index contributed by atoms with van der Waals surface area (Å²) in [6.45, 7) is 5.68. The molecule has 0 spiro atoms. The van der Waals surface area contributed by atoms with E-state index in [0.29, 0.717) is 5.92 Å². The third-order valence-electron chi connectivity index (χ3n) is 2.70. The van der Waals surface area contributed by atoms with E-state index in [2.05, 4.69) is 22.5 Å². The van der Waals surface area contributed by atoms with E-state index in [0.717, 1.165) is 44.4 Å². The van der Waals surface area contributed by atoms with Crippen LogP contribution in [0.4, 0.5) is 11.6 Å². The van der Waals surface area contributed by atoms with E-state index in [1.54, 1.807) is 0 Å². The molecule has 2 N–H and O–H groups in total. The van der Waals surface area contributed by atoms with Crippen molar-refractivity contribution in [2.45, 2.75) is 13.3 Å². The van der Waals surface area contributed by atoms with Crippen molar-refractivity contribution in [3.63, 3.8) is 0 Å². The molecule has 1 saturated heterocycles. The molecule has 0 bridgehead atoms. The van der Waals surface area contributed by atoms with Crippen LogP contribution in [-0.4, -0.2) is 31.3 Å². The Kier molecular flexibility index (Phi) is 3.99. The molecule has 1 aliphatic rings. The monoisotopic (exact) mass is 221 g/mol. The molecule has 2 rings (SSSR count). The molecular formula is C12H19N3O. The maximum Gasteiger partial charge on any atom is 0.128 e. The largest absolute Gasteiger partial charge is 0.381 e. The Balaban J connectivity index is 1.85. The van der Waals surface area contributed by atoms with Crippen LogP contribution in [-0.2, 0) is 4.74 Å². The Hall–Kier alpha value is -1.29. The lowest BCUT2D eigenvalue weighted by molar-refractivity contribution is 0.187. The molecule has 0 aliphatic carbocycles. The average Bonchev–Trinajstić information content (AvgIpc) is 2.80. The number of nitrogens with one attached hydrogen (secondary N) is 2. The third kappa shape index (κ3) is 3.10. The van der Waals surface area contributed by atoms with Gasteiger partial charge in [0.15, 0.2) is 0 Å². The van der Waals surface area contributed by atoms with Crippen molar-refractivity contribution < 1.29 is 4.74 Å². The molecule has 2 heterocycles. The van der Waals surface area contributed by atoms with Crippen molar-refractivity contribution in [1.29, 1.82) is 0 Å². The van der Waals surface area contributed by atoms with Gasteiger partial charge in [0, 0.05) is 25.6 Å². The van der Waals surface area contributed by atoms with E-state index in [9.17, 15) is 0 Å². The zero-order valence-corrected chi connectivity index (χ0v) is 9.70. The van der Waals surface area contributed by atoms with Crippen molar-refractivity contribution in [2.75, 3.05) is 36.9 Å². The molecule has 0 saturated carbocycles. The number of ether oxygens (including phenoxy) is 1. The standard InChI is InChI=1S/C12H19N3O/c1-2-13-11-4-3-5-12(15-11)14-8-10-6-7-16-9-10/h3-5,10H,2,6-9H2,1H3,(H2,13,14,15). The third-order valence-corrected chi connectivity index (χ3v) is 2.70. The Bertz CT molecular complexity index is 324. The summed E-state index contributed by atoms with van der Waals surface area (Å²) in [6, 6.07) is 5.99. The fourth-order valence-electron chi connectivity index (χ4n) is 1.81. The van der Waals surface area contributed by atoms with E-state index in [1.165, 1.54) is 0 Å². The van der Waals surface area contributed by atoms with E-state index in [-0.39, 0.29) is 0 Å². The van der Waals surface area contributed by atoms with Crippen LogP contribution in [0.25, 0.3) is 0 Å². The highest BCUT2D eigenvalue weighted by Gasteiger charge is 2.15. The van der Waals surface area contributed by atoms with E-state index in [4.69, 9.17) is 4.74 Å². The zero-order valence-electron chi connectivity index (χ0n) is 9.70. The molecule has 0 radical (unpaired) electrons. The molecule has 1 atom stereocenters. The van der Waals surface area contributed by atoms with Crippen LogP contribution in [0.1, 0.15) is 13.3 Å². The molecule has 1 unspecified atom stereocenters. The second kappa shape index (κ2) is 5.70. The van der Waals surface area contributed by atoms with Crippen molar-refractivity contribution in [3.8, 4) is 0 Å². The molecule has 88 valence electrons. The summed E-state index contributed by atoms with van der Waals surface area (Å²) >= 11 is 0. The highest BCUT2D eigenvalue weighted by atomic mass is 16.5. The molecule has 1 fully saturated rings. The highest BCUT2D eigenvalue weighted by Crippen LogP contribution is 2.14. The predicted octanol–water partition coefficient (Wildman–Crippen LogP) is 1.96. The Labute approximate surface area is 96.4 Å². The minimum absolute atomic E-state index is 0.629. The fourth-order valence-corrected chi connectivity index (χ4v) is 1.81. The van der Waals surface area contributed by atoms with Gasteiger partial charge in [0.25, 0.3) is 0 Å². The first-order chi connectivity index (χ1) is 7.88. The molecule has 0 aromatic carbocycles. The summed E-state index contributed by atoms with van der Waals surface area (Å²) in [6.07, 6.45) is 1.15. The Morgan fingerprint density at radius 3 is 2.88 bits per heavy atom. The van der Waals surface area contributed by atoms with Crippen LogP contribution in [0.15, 0.2) is 18.2 Å². The minimum Gasteiger partial charge on any atom is -0.381 e. The van der Waals surface area contributed by atoms with E-state index >= 15 is 0 Å². The van der Waals surface area contributed by atoms with E-state index < -0.39 is 0 Å². The summed E-state index contributed by atoms with van der Waals surface area (Å²) < 4.78 is 5.34. The Morgan fingerprint density at radius 1 is 1.38 bits per heavy atom. The lowest BCUT2D eigenvalue weighted by Crippen LogP contribution is -2.15. The average molecular weight is 221 g/mol. The molecule has 4 nitrogen and oxygen atoms in total. The summed E-state index contributed by atoms with van der Waals surface area (Å²) in [5.41, 5.74) is 0. The maximum atomic E-state index is 5.34. The molecule has 1 aromatic rings. The van der Waals surface area contributed by atoms with Crippen LogP contribution in [0.2, 0.25) is 0 Å². The van der Waals surface area contributed by atoms with Crippen LogP contribution >= 0.6 is 0 Å². The first-order valence-corrected chi connectivity index (χ1v) is 5.91. The van der Waals surface area contributed by atoms with Gasteiger partial charge in [0.2, 0.25) is 0 Å². The van der Waals surface area contributed by atoms with Crippen LogP contribution in [0.5, 0.6) is 0 Å². The number of hydrogen-bond acceptors (Lipinski definition) is 4. The molecular weight excluding hydrogens is 202 g/mol. The maximum absolute atomic E-state index is 5.34. The predicted molar refractivity (Wildman–Crippen MR) is 65.8 cm³/mol. The van der Waals surface area contributed by atoms with Crippen LogP contribution < -0.4 is 10.6 Å². The smallest absolute Gasteiger partial charge is 0.128 e. The van der Waals surface area contributed by atoms with Crippen LogP contribution in [0, 0.1) is 5.92 Å². The molecule has 4 heteroatoms. The van der Waals surface area contributed by atoms with Crippen molar-refractivity contribution in [1.82, 2.24) is 4.98 Å². The first kappa shape index (κ1) is 11.2. The van der Waals surface area contributed by atoms with Crippen LogP contribution in [0.3, 0.4) is 0 Å². The number of nitrogens with zero attached hydrogens (tertiary/aromatic N) is 1. The first-order valence-electron chi connectivity index (χ1n) is 5.91. The number of anilines is 2. The number of pyridine rings is 1. The lowest BCUT2D eigenvalue weighted by Gasteiger charge is -2.11. The fraction of sp³-hybridized carbons (Fsp3) is 0.583. The van der Waals surface area contributed by atoms with Gasteiger partial charge in [-0.15, -0.1) is 0 Å². The van der Waals surface area contributed by atoms with Gasteiger partial charge in [-0.3, -0.25) is 0 Å². The van der Waals surface area contributed by atoms with Crippen molar-refractivity contribution in [3.05, 3.63) is 18.2 Å². The minimum atomic E-state index is 0.629. The molecule has 1 aliphatic heterocycles. The van der Waals surface area contributed by atoms with Gasteiger partial charge in [-0.2, -0.15) is 0 Å². The SMILES string of the molecule is CCNc1cccc(NCC2CCOC2)n1. The quantitative estimate of drug-likeness (QED) is 0.798. The second-order valence-corrected chi connectivity index (χ2v) is 4.05. The summed E-state index contributed by atoms with van der Waals surface area (Å²) in [4.78, 5) is 4.46. The topological polar surface area (TPSA) is 46.2 Å². The zero-order chi connectivity index (χ0) is 11.2. The number of hydrogen-bond donors (Lipinski definition) is 2. The summed E-state index contributed by atoms with van der Waals surface area (Å²) in [7, 11) is 0. The van der Waals surface area contributed by atoms with Gasteiger partial charge >= 0.3 is 0 Å².